The predicted octanol–water partition coefficient (Wildman–Crippen LogP) is 5.80. The summed E-state index contributed by atoms with van der Waals surface area (Å²) >= 11 is 18.7. The number of ether oxygens (including phenoxy) is 5. The molecule has 11 heteroatoms. The molecule has 0 spiro atoms. The summed E-state index contributed by atoms with van der Waals surface area (Å²) in [6, 6.07) is 9.73. The van der Waals surface area contributed by atoms with Crippen molar-refractivity contribution < 1.29 is 28.5 Å². The number of alkyl halides is 3. The molecule has 0 bridgehead atoms. The second kappa shape index (κ2) is 14.1. The quantitative estimate of drug-likeness (QED) is 0.356. The molecule has 0 aromatic heterocycles. The number of benzene rings is 1. The Labute approximate surface area is 252 Å². The first kappa shape index (κ1) is 30.6. The molecular weight excluding hydrogens is 579 g/mol. The Bertz CT molecular complexity index is 941. The number of rotatable bonds is 8. The van der Waals surface area contributed by atoms with Gasteiger partial charge in [0.15, 0.2) is 6.10 Å². The van der Waals surface area contributed by atoms with Crippen molar-refractivity contribution >= 4 is 40.9 Å². The molecule has 1 amide bonds. The number of hydrogen-bond donors (Lipinski definition) is 2. The van der Waals surface area contributed by atoms with Crippen molar-refractivity contribution in [3.8, 4) is 0 Å². The Kier molecular flexibility index (Phi) is 10.8. The first-order chi connectivity index (χ1) is 19.3. The summed E-state index contributed by atoms with van der Waals surface area (Å²) in [4.78, 5) is 13.4. The van der Waals surface area contributed by atoms with Gasteiger partial charge in [-0.2, -0.15) is 0 Å². The molecule has 3 saturated carbocycles. The number of carbonyl (C=O) groups excluding carboxylic acids is 1. The van der Waals surface area contributed by atoms with Gasteiger partial charge in [0.1, 0.15) is 24.4 Å². The summed E-state index contributed by atoms with van der Waals surface area (Å²) in [5.74, 6) is 0. The molecule has 1 aromatic rings. The Hall–Kier alpha value is -0.840. The van der Waals surface area contributed by atoms with Crippen LogP contribution >= 0.6 is 34.8 Å². The maximum absolute atomic E-state index is 13.4. The van der Waals surface area contributed by atoms with Crippen LogP contribution in [0.1, 0.15) is 69.8 Å². The monoisotopic (exact) mass is 618 g/mol. The third kappa shape index (κ3) is 7.56. The van der Waals surface area contributed by atoms with Gasteiger partial charge in [0.05, 0.1) is 12.6 Å². The summed E-state index contributed by atoms with van der Waals surface area (Å²) in [6.45, 7) is 0.303. The third-order valence-corrected chi connectivity index (χ3v) is 9.13. The first-order valence-electron chi connectivity index (χ1n) is 14.6. The highest BCUT2D eigenvalue weighted by Crippen LogP contribution is 2.44. The number of alkyl carbamates (subject to hydrolysis) is 1. The number of carbonyl (C=O) groups is 1. The molecule has 3 aliphatic carbocycles. The van der Waals surface area contributed by atoms with Crippen molar-refractivity contribution in [2.75, 3.05) is 7.11 Å². The van der Waals surface area contributed by atoms with Crippen LogP contribution in [0.5, 0.6) is 0 Å². The van der Waals surface area contributed by atoms with E-state index in [1.54, 1.807) is 7.11 Å². The van der Waals surface area contributed by atoms with Crippen LogP contribution in [0.3, 0.4) is 0 Å². The number of fused-ring (bicyclic) bond motifs is 1. The van der Waals surface area contributed by atoms with Crippen LogP contribution in [0.15, 0.2) is 30.3 Å². The molecule has 0 radical (unpaired) electrons. The second-order valence-corrected chi connectivity index (χ2v) is 13.8. The molecule has 2 N–H and O–H groups in total. The normalized spacial score (nSPS) is 33.9. The van der Waals surface area contributed by atoms with Gasteiger partial charge < -0.3 is 34.3 Å². The van der Waals surface area contributed by atoms with Crippen LogP contribution in [0.2, 0.25) is 0 Å². The zero-order chi connectivity index (χ0) is 28.1. The molecule has 224 valence electrons. The summed E-state index contributed by atoms with van der Waals surface area (Å²) in [5, 5.41) is 6.85. The first-order valence-corrected chi connectivity index (χ1v) is 15.8. The molecule has 5 rings (SSSR count). The van der Waals surface area contributed by atoms with Crippen LogP contribution in [-0.4, -0.2) is 71.9 Å². The minimum absolute atomic E-state index is 0.101. The van der Waals surface area contributed by atoms with Crippen molar-refractivity contribution in [2.45, 2.75) is 130 Å². The van der Waals surface area contributed by atoms with Crippen molar-refractivity contribution in [1.82, 2.24) is 10.6 Å². The average molecular weight is 620 g/mol. The number of amides is 1. The number of hydrogen-bond acceptors (Lipinski definition) is 7. The van der Waals surface area contributed by atoms with Gasteiger partial charge in [-0.05, 0) is 31.2 Å². The van der Waals surface area contributed by atoms with Crippen LogP contribution < -0.4 is 10.6 Å². The molecule has 1 aromatic carbocycles. The number of methoxy groups -OCH3 is 1. The van der Waals surface area contributed by atoms with Gasteiger partial charge in [0.2, 0.25) is 10.1 Å². The van der Waals surface area contributed by atoms with E-state index in [0.717, 1.165) is 56.9 Å². The number of halogens is 3. The summed E-state index contributed by atoms with van der Waals surface area (Å²) in [7, 11) is 1.58. The van der Waals surface area contributed by atoms with E-state index in [9.17, 15) is 4.79 Å². The maximum Gasteiger partial charge on any atom is 0.407 e. The standard InChI is InChI=1S/C29H41Cl3N2O6/c1-36-24-25(37-17-18-11-5-2-6-12-18)22(40-28(35)34-20-15-9-4-10-16-20)21(33-19-13-7-3-8-14-19)23-26(24)39-27(38-23)29(30,31)32/h2,5-6,11-12,19-27,33H,3-4,7-10,13-17H2,1H3,(H,34,35)/t21-,22-,23+,24+,25+,26+,27-/m0/s1. The van der Waals surface area contributed by atoms with E-state index in [1.807, 2.05) is 30.3 Å². The molecule has 4 aliphatic rings. The zero-order valence-corrected chi connectivity index (χ0v) is 25.2. The van der Waals surface area contributed by atoms with Gasteiger partial charge in [0.25, 0.3) is 0 Å². The van der Waals surface area contributed by atoms with Crippen LogP contribution in [-0.2, 0) is 30.3 Å². The third-order valence-electron chi connectivity index (χ3n) is 8.59. The van der Waals surface area contributed by atoms with E-state index >= 15 is 0 Å². The van der Waals surface area contributed by atoms with Gasteiger partial charge >= 0.3 is 6.09 Å². The lowest BCUT2D eigenvalue weighted by Crippen LogP contribution is -2.70. The van der Waals surface area contributed by atoms with Gasteiger partial charge in [-0.25, -0.2) is 4.79 Å². The highest BCUT2D eigenvalue weighted by molar-refractivity contribution is 6.67. The average Bonchev–Trinajstić information content (AvgIpc) is 3.41. The molecule has 1 aliphatic heterocycles. The number of nitrogens with one attached hydrogen (secondary N) is 2. The van der Waals surface area contributed by atoms with E-state index in [1.165, 1.54) is 12.8 Å². The molecule has 8 nitrogen and oxygen atoms in total. The van der Waals surface area contributed by atoms with E-state index in [-0.39, 0.29) is 12.1 Å². The highest BCUT2D eigenvalue weighted by atomic mass is 35.6. The molecule has 1 saturated heterocycles. The summed E-state index contributed by atoms with van der Waals surface area (Å²) in [6.07, 6.45) is 6.01. The minimum atomic E-state index is -1.81. The van der Waals surface area contributed by atoms with Crippen LogP contribution in [0.25, 0.3) is 0 Å². The van der Waals surface area contributed by atoms with Crippen LogP contribution in [0, 0.1) is 0 Å². The Morgan fingerprint density at radius 1 is 0.875 bits per heavy atom. The van der Waals surface area contributed by atoms with Crippen molar-refractivity contribution in [3.05, 3.63) is 35.9 Å². The van der Waals surface area contributed by atoms with Crippen molar-refractivity contribution in [1.29, 1.82) is 0 Å². The Morgan fingerprint density at radius 2 is 1.50 bits per heavy atom. The van der Waals surface area contributed by atoms with Crippen LogP contribution in [0.4, 0.5) is 4.79 Å². The molecule has 1 heterocycles. The van der Waals surface area contributed by atoms with E-state index in [4.69, 9.17) is 58.5 Å². The Morgan fingerprint density at radius 3 is 2.12 bits per heavy atom. The molecule has 4 fully saturated rings. The summed E-state index contributed by atoms with van der Waals surface area (Å²) < 4.78 is 29.4. The topological polar surface area (TPSA) is 87.3 Å². The predicted molar refractivity (Wildman–Crippen MR) is 154 cm³/mol. The SMILES string of the molecule is CO[C@H]1[C@@H]2O[C@@H](C(Cl)(Cl)Cl)O[C@@H]2[C@@H](NC2CCCCC2)[C@H](OC(=O)NC2CCCCC2)[C@H]1OCc1ccccc1. The van der Waals surface area contributed by atoms with Crippen molar-refractivity contribution in [3.63, 3.8) is 0 Å². The Balaban J connectivity index is 1.44. The van der Waals surface area contributed by atoms with E-state index in [0.29, 0.717) is 6.61 Å². The van der Waals surface area contributed by atoms with Gasteiger partial charge in [-0.3, -0.25) is 0 Å². The van der Waals surface area contributed by atoms with Crippen molar-refractivity contribution in [2.24, 2.45) is 0 Å². The smallest absolute Gasteiger partial charge is 0.407 e. The largest absolute Gasteiger partial charge is 0.442 e. The fraction of sp³-hybridized carbons (Fsp3) is 0.759. The maximum atomic E-state index is 13.4. The molecule has 0 unspecified atom stereocenters. The highest BCUT2D eigenvalue weighted by Gasteiger charge is 2.61. The zero-order valence-electron chi connectivity index (χ0n) is 22.9. The lowest BCUT2D eigenvalue weighted by molar-refractivity contribution is -0.193. The van der Waals surface area contributed by atoms with E-state index in [2.05, 4.69) is 10.6 Å². The molecule has 7 atom stereocenters. The van der Waals surface area contributed by atoms with Gasteiger partial charge in [-0.1, -0.05) is 104 Å². The lowest BCUT2D eigenvalue weighted by atomic mass is 9.81. The van der Waals surface area contributed by atoms with E-state index < -0.39 is 52.7 Å². The molecule has 40 heavy (non-hydrogen) atoms. The summed E-state index contributed by atoms with van der Waals surface area (Å²) in [5.41, 5.74) is 0.990. The fourth-order valence-corrected chi connectivity index (χ4v) is 6.92. The minimum Gasteiger partial charge on any atom is -0.442 e. The lowest BCUT2D eigenvalue weighted by Gasteiger charge is -2.47. The van der Waals surface area contributed by atoms with Gasteiger partial charge in [-0.15, -0.1) is 0 Å². The second-order valence-electron chi connectivity index (χ2n) is 11.4. The van der Waals surface area contributed by atoms with Gasteiger partial charge in [0, 0.05) is 19.2 Å². The molecular formula is C29H41Cl3N2O6. The fourth-order valence-electron chi connectivity index (χ4n) is 6.61.